The molecule has 0 spiro atoms. The lowest BCUT2D eigenvalue weighted by Crippen LogP contribution is -2.46. The minimum absolute atomic E-state index is 0.236. The number of carboxylic acid groups (broad SMARTS) is 1. The maximum atomic E-state index is 11.9. The smallest absolute Gasteiger partial charge is 0.337 e. The first kappa shape index (κ1) is 13.3. The lowest BCUT2D eigenvalue weighted by Gasteiger charge is -2.28. The van der Waals surface area contributed by atoms with Crippen molar-refractivity contribution >= 4 is 17.8 Å². The Hall–Kier alpha value is -2.09. The van der Waals surface area contributed by atoms with Crippen molar-refractivity contribution in [1.29, 1.82) is 0 Å². The van der Waals surface area contributed by atoms with Crippen LogP contribution in [0.15, 0.2) is 11.3 Å². The number of aliphatic hydroxyl groups is 1. The Morgan fingerprint density at radius 1 is 1.26 bits per heavy atom. The topological polar surface area (TPSA) is 107 Å². The van der Waals surface area contributed by atoms with Gasteiger partial charge < -0.3 is 24.7 Å². The van der Waals surface area contributed by atoms with Crippen molar-refractivity contribution in [2.75, 3.05) is 39.4 Å². The maximum absolute atomic E-state index is 11.9. The fourth-order valence-electron chi connectivity index (χ4n) is 1.99. The molecular formula is C11H14N2O6. The number of carbonyl (C=O) groups excluding carboxylic acids is 2. The molecule has 0 aliphatic carbocycles. The fourth-order valence-corrected chi connectivity index (χ4v) is 1.99. The highest BCUT2D eigenvalue weighted by atomic mass is 16.5. The molecule has 0 radical (unpaired) electrons. The Bertz CT molecular complexity index is 452. The van der Waals surface area contributed by atoms with E-state index in [0.717, 1.165) is 4.90 Å². The van der Waals surface area contributed by atoms with Gasteiger partial charge in [-0.3, -0.25) is 9.59 Å². The Kier molecular flexibility index (Phi) is 3.70. The highest BCUT2D eigenvalue weighted by Crippen LogP contribution is 2.17. The summed E-state index contributed by atoms with van der Waals surface area (Å²) < 4.78 is 5.11. The summed E-state index contributed by atoms with van der Waals surface area (Å²) in [6, 6.07) is 0. The molecule has 19 heavy (non-hydrogen) atoms. The Morgan fingerprint density at radius 3 is 2.42 bits per heavy atom. The van der Waals surface area contributed by atoms with Crippen LogP contribution in [-0.4, -0.2) is 77.2 Å². The first-order valence-electron chi connectivity index (χ1n) is 5.81. The average Bonchev–Trinajstić information content (AvgIpc) is 2.68. The van der Waals surface area contributed by atoms with E-state index >= 15 is 0 Å². The SMILES string of the molecule is O=C(O)C1=C(O)C(=O)N(CC(=O)N2CCOCC2)C1. The number of nitrogens with zero attached hydrogens (tertiary/aromatic N) is 2. The molecule has 0 atom stereocenters. The van der Waals surface area contributed by atoms with Gasteiger partial charge in [0.1, 0.15) is 12.1 Å². The maximum Gasteiger partial charge on any atom is 0.337 e. The quantitative estimate of drug-likeness (QED) is 0.652. The van der Waals surface area contributed by atoms with Gasteiger partial charge >= 0.3 is 5.97 Å². The third-order valence-electron chi connectivity index (χ3n) is 3.07. The zero-order chi connectivity index (χ0) is 14.0. The zero-order valence-electron chi connectivity index (χ0n) is 10.2. The molecule has 0 saturated carbocycles. The number of amides is 2. The third-order valence-corrected chi connectivity index (χ3v) is 3.07. The number of rotatable bonds is 3. The van der Waals surface area contributed by atoms with Gasteiger partial charge in [-0.2, -0.15) is 0 Å². The number of carbonyl (C=O) groups is 3. The van der Waals surface area contributed by atoms with Gasteiger partial charge in [0, 0.05) is 13.1 Å². The first-order valence-corrected chi connectivity index (χ1v) is 5.81. The number of carboxylic acids is 1. The molecule has 0 aromatic heterocycles. The van der Waals surface area contributed by atoms with Gasteiger partial charge in [-0.25, -0.2) is 4.79 Å². The van der Waals surface area contributed by atoms with Crippen molar-refractivity contribution in [2.45, 2.75) is 0 Å². The van der Waals surface area contributed by atoms with E-state index in [0.29, 0.717) is 26.3 Å². The minimum atomic E-state index is -1.35. The monoisotopic (exact) mass is 270 g/mol. The van der Waals surface area contributed by atoms with Gasteiger partial charge in [0.2, 0.25) is 5.91 Å². The molecule has 2 N–H and O–H groups in total. The van der Waals surface area contributed by atoms with Crippen molar-refractivity contribution in [3.05, 3.63) is 11.3 Å². The van der Waals surface area contributed by atoms with Gasteiger partial charge in [-0.05, 0) is 0 Å². The fraction of sp³-hybridized carbons (Fsp3) is 0.545. The van der Waals surface area contributed by atoms with E-state index in [9.17, 15) is 19.5 Å². The second kappa shape index (κ2) is 5.27. The predicted molar refractivity (Wildman–Crippen MR) is 61.3 cm³/mol. The van der Waals surface area contributed by atoms with Crippen molar-refractivity contribution in [1.82, 2.24) is 9.80 Å². The van der Waals surface area contributed by atoms with Crippen LogP contribution in [0.4, 0.5) is 0 Å². The molecule has 1 saturated heterocycles. The van der Waals surface area contributed by atoms with E-state index in [1.807, 2.05) is 0 Å². The standard InChI is InChI=1S/C11H14N2O6/c14-8(12-1-3-19-4-2-12)6-13-5-7(11(17)18)9(15)10(13)16/h15H,1-6H2,(H,17,18). The summed E-state index contributed by atoms with van der Waals surface area (Å²) in [7, 11) is 0. The molecule has 0 aromatic rings. The molecule has 2 heterocycles. The normalized spacial score (nSPS) is 20.1. The number of ether oxygens (including phenoxy) is 1. The zero-order valence-corrected chi connectivity index (χ0v) is 10.2. The summed E-state index contributed by atoms with van der Waals surface area (Å²) in [6.07, 6.45) is 0. The molecule has 2 aliphatic rings. The second-order valence-corrected chi connectivity index (χ2v) is 4.29. The van der Waals surface area contributed by atoms with Gasteiger partial charge in [-0.15, -0.1) is 0 Å². The van der Waals surface area contributed by atoms with Crippen molar-refractivity contribution in [3.8, 4) is 0 Å². The lowest BCUT2D eigenvalue weighted by atomic mass is 10.3. The summed E-state index contributed by atoms with van der Waals surface area (Å²) in [5.41, 5.74) is -0.375. The van der Waals surface area contributed by atoms with E-state index in [4.69, 9.17) is 9.84 Å². The van der Waals surface area contributed by atoms with Crippen LogP contribution in [0.5, 0.6) is 0 Å². The van der Waals surface area contributed by atoms with Crippen molar-refractivity contribution in [3.63, 3.8) is 0 Å². The number of hydrogen-bond acceptors (Lipinski definition) is 5. The van der Waals surface area contributed by atoms with Crippen LogP contribution in [0, 0.1) is 0 Å². The van der Waals surface area contributed by atoms with Gasteiger partial charge in [-0.1, -0.05) is 0 Å². The number of morpholine rings is 1. The van der Waals surface area contributed by atoms with Crippen LogP contribution in [0.25, 0.3) is 0 Å². The molecule has 0 unspecified atom stereocenters. The van der Waals surface area contributed by atoms with E-state index in [-0.39, 0.29) is 24.6 Å². The van der Waals surface area contributed by atoms with E-state index in [2.05, 4.69) is 0 Å². The largest absolute Gasteiger partial charge is 0.503 e. The molecule has 8 heteroatoms. The lowest BCUT2D eigenvalue weighted by molar-refractivity contribution is -0.141. The highest BCUT2D eigenvalue weighted by molar-refractivity contribution is 6.05. The molecule has 2 amide bonds. The van der Waals surface area contributed by atoms with Gasteiger partial charge in [0.15, 0.2) is 5.76 Å². The van der Waals surface area contributed by atoms with Crippen molar-refractivity contribution in [2.24, 2.45) is 0 Å². The molecule has 1 fully saturated rings. The molecule has 8 nitrogen and oxygen atoms in total. The van der Waals surface area contributed by atoms with Crippen molar-refractivity contribution < 1.29 is 29.3 Å². The van der Waals surface area contributed by atoms with E-state index in [1.165, 1.54) is 0 Å². The molecule has 0 bridgehead atoms. The van der Waals surface area contributed by atoms with E-state index in [1.54, 1.807) is 4.90 Å². The highest BCUT2D eigenvalue weighted by Gasteiger charge is 2.35. The van der Waals surface area contributed by atoms with Gasteiger partial charge in [0.05, 0.1) is 19.8 Å². The molecule has 0 aromatic carbocycles. The predicted octanol–water partition coefficient (Wildman–Crippen LogP) is -1.42. The number of aliphatic carboxylic acids is 1. The molecular weight excluding hydrogens is 256 g/mol. The minimum Gasteiger partial charge on any atom is -0.503 e. The summed E-state index contributed by atoms with van der Waals surface area (Å²) >= 11 is 0. The summed E-state index contributed by atoms with van der Waals surface area (Å²) in [5.74, 6) is -3.25. The number of hydrogen-bond donors (Lipinski definition) is 2. The van der Waals surface area contributed by atoms with Crippen LogP contribution in [0.2, 0.25) is 0 Å². The van der Waals surface area contributed by atoms with Gasteiger partial charge in [0.25, 0.3) is 5.91 Å². The summed E-state index contributed by atoms with van der Waals surface area (Å²) in [4.78, 5) is 36.9. The van der Waals surface area contributed by atoms with Crippen LogP contribution < -0.4 is 0 Å². The van der Waals surface area contributed by atoms with Crippen LogP contribution in [0.1, 0.15) is 0 Å². The Balaban J connectivity index is 1.96. The first-order chi connectivity index (χ1) is 9.00. The molecule has 2 aliphatic heterocycles. The summed E-state index contributed by atoms with van der Waals surface area (Å²) in [6.45, 7) is 1.31. The molecule has 2 rings (SSSR count). The van der Waals surface area contributed by atoms with E-state index < -0.39 is 17.6 Å². The number of aliphatic hydroxyl groups excluding tert-OH is 1. The summed E-state index contributed by atoms with van der Waals surface area (Å²) in [5, 5.41) is 18.2. The van der Waals surface area contributed by atoms with Crippen LogP contribution in [0.3, 0.4) is 0 Å². The van der Waals surface area contributed by atoms with Crippen LogP contribution >= 0.6 is 0 Å². The molecule has 104 valence electrons. The second-order valence-electron chi connectivity index (χ2n) is 4.29. The Morgan fingerprint density at radius 2 is 1.89 bits per heavy atom. The Labute approximate surface area is 108 Å². The average molecular weight is 270 g/mol. The van der Waals surface area contributed by atoms with Crippen LogP contribution in [-0.2, 0) is 19.1 Å². The third kappa shape index (κ3) is 2.68.